The van der Waals surface area contributed by atoms with Gasteiger partial charge in [-0.3, -0.25) is 4.79 Å². The normalized spacial score (nSPS) is 10.3. The molecule has 0 aliphatic heterocycles. The molecule has 0 spiro atoms. The number of esters is 1. The van der Waals surface area contributed by atoms with E-state index < -0.39 is 5.97 Å². The van der Waals surface area contributed by atoms with Crippen molar-refractivity contribution in [1.29, 1.82) is 0 Å². The van der Waals surface area contributed by atoms with E-state index >= 15 is 0 Å². The Labute approximate surface area is 122 Å². The van der Waals surface area contributed by atoms with Gasteiger partial charge in [0.2, 0.25) is 0 Å². The highest BCUT2D eigenvalue weighted by atomic mass is 32.1. The highest BCUT2D eigenvalue weighted by Gasteiger charge is 2.17. The number of nitrogens with one attached hydrogen (secondary N) is 1. The van der Waals surface area contributed by atoms with E-state index in [4.69, 9.17) is 14.2 Å². The Morgan fingerprint density at radius 2 is 2.10 bits per heavy atom. The average molecular weight is 301 g/mol. The smallest absolute Gasteiger partial charge is 0.341 e. The van der Waals surface area contributed by atoms with Crippen molar-refractivity contribution in [3.8, 4) is 0 Å². The molecule has 0 fully saturated rings. The number of hydrogen-bond donors (Lipinski definition) is 1. The second-order valence-electron chi connectivity index (χ2n) is 3.91. The predicted molar refractivity (Wildman–Crippen MR) is 76.3 cm³/mol. The molecule has 20 heavy (non-hydrogen) atoms. The average Bonchev–Trinajstić information content (AvgIpc) is 2.76. The number of thiophene rings is 1. The molecule has 0 radical (unpaired) electrons. The third-order valence-electron chi connectivity index (χ3n) is 2.27. The second kappa shape index (κ2) is 8.68. The molecule has 0 aliphatic rings. The Bertz CT molecular complexity index is 458. The molecule has 0 saturated carbocycles. The fraction of sp³-hybridized carbons (Fsp3) is 0.538. The zero-order valence-corrected chi connectivity index (χ0v) is 12.7. The lowest BCUT2D eigenvalue weighted by Crippen LogP contribution is -2.20. The maximum Gasteiger partial charge on any atom is 0.341 e. The standard InChI is InChI=1S/C13H19NO5S/c1-4-19-13(16)10-7-9(2)20-12(10)14-11(15)8-18-6-5-17-3/h7H,4-6,8H2,1-3H3,(H,14,15). The van der Waals surface area contributed by atoms with Crippen LogP contribution in [0.15, 0.2) is 6.07 Å². The molecule has 1 aromatic rings. The number of amides is 1. The number of ether oxygens (including phenoxy) is 3. The van der Waals surface area contributed by atoms with Gasteiger partial charge in [0.15, 0.2) is 0 Å². The predicted octanol–water partition coefficient (Wildman–Crippen LogP) is 1.83. The molecule has 1 heterocycles. The summed E-state index contributed by atoms with van der Waals surface area (Å²) in [6, 6.07) is 1.70. The van der Waals surface area contributed by atoms with Crippen molar-refractivity contribution in [2.45, 2.75) is 13.8 Å². The largest absolute Gasteiger partial charge is 0.462 e. The van der Waals surface area contributed by atoms with E-state index in [9.17, 15) is 9.59 Å². The summed E-state index contributed by atoms with van der Waals surface area (Å²) in [7, 11) is 1.56. The van der Waals surface area contributed by atoms with Crippen LogP contribution in [0, 0.1) is 6.92 Å². The number of rotatable bonds is 8. The summed E-state index contributed by atoms with van der Waals surface area (Å²) in [6.07, 6.45) is 0. The molecule has 7 heteroatoms. The Kier molecular flexibility index (Phi) is 7.21. The van der Waals surface area contributed by atoms with Crippen molar-refractivity contribution in [1.82, 2.24) is 0 Å². The SMILES string of the molecule is CCOC(=O)c1cc(C)sc1NC(=O)COCCOC. The van der Waals surface area contributed by atoms with Gasteiger partial charge in [-0.1, -0.05) is 0 Å². The fourth-order valence-corrected chi connectivity index (χ4v) is 2.35. The first-order valence-electron chi connectivity index (χ1n) is 6.22. The zero-order valence-electron chi connectivity index (χ0n) is 11.9. The van der Waals surface area contributed by atoms with Gasteiger partial charge < -0.3 is 19.5 Å². The van der Waals surface area contributed by atoms with Crippen molar-refractivity contribution < 1.29 is 23.8 Å². The molecule has 1 amide bonds. The molecular weight excluding hydrogens is 282 g/mol. The van der Waals surface area contributed by atoms with Crippen molar-refractivity contribution in [2.75, 3.05) is 38.9 Å². The summed E-state index contributed by atoms with van der Waals surface area (Å²) < 4.78 is 14.9. The van der Waals surface area contributed by atoms with Gasteiger partial charge in [-0.25, -0.2) is 4.79 Å². The Balaban J connectivity index is 2.58. The highest BCUT2D eigenvalue weighted by molar-refractivity contribution is 7.16. The quantitative estimate of drug-likeness (QED) is 0.586. The Morgan fingerprint density at radius 1 is 1.35 bits per heavy atom. The van der Waals surface area contributed by atoms with E-state index in [2.05, 4.69) is 5.32 Å². The lowest BCUT2D eigenvalue weighted by Gasteiger charge is -2.06. The zero-order chi connectivity index (χ0) is 15.0. The molecule has 0 unspecified atom stereocenters. The summed E-state index contributed by atoms with van der Waals surface area (Å²) in [5.74, 6) is -0.749. The number of hydrogen-bond acceptors (Lipinski definition) is 6. The first-order valence-corrected chi connectivity index (χ1v) is 7.04. The van der Waals surface area contributed by atoms with Crippen LogP contribution in [-0.2, 0) is 19.0 Å². The van der Waals surface area contributed by atoms with Crippen LogP contribution in [0.2, 0.25) is 0 Å². The molecule has 0 atom stereocenters. The molecule has 112 valence electrons. The number of methoxy groups -OCH3 is 1. The minimum Gasteiger partial charge on any atom is -0.462 e. The summed E-state index contributed by atoms with van der Waals surface area (Å²) in [4.78, 5) is 24.4. The van der Waals surface area contributed by atoms with E-state index in [0.717, 1.165) is 4.88 Å². The van der Waals surface area contributed by atoms with Crippen molar-refractivity contribution in [2.24, 2.45) is 0 Å². The lowest BCUT2D eigenvalue weighted by molar-refractivity contribution is -0.121. The van der Waals surface area contributed by atoms with Gasteiger partial charge in [0.05, 0.1) is 25.4 Å². The van der Waals surface area contributed by atoms with Gasteiger partial charge in [-0.05, 0) is 19.9 Å². The van der Waals surface area contributed by atoms with Gasteiger partial charge in [0, 0.05) is 12.0 Å². The van der Waals surface area contributed by atoms with Crippen LogP contribution in [0.3, 0.4) is 0 Å². The molecule has 0 aliphatic carbocycles. The van der Waals surface area contributed by atoms with Gasteiger partial charge in [-0.2, -0.15) is 0 Å². The summed E-state index contributed by atoms with van der Waals surface area (Å²) >= 11 is 1.33. The van der Waals surface area contributed by atoms with E-state index in [0.29, 0.717) is 30.4 Å². The van der Waals surface area contributed by atoms with Crippen LogP contribution < -0.4 is 5.32 Å². The van der Waals surface area contributed by atoms with Crippen molar-refractivity contribution >= 4 is 28.2 Å². The first-order chi connectivity index (χ1) is 9.58. The fourth-order valence-electron chi connectivity index (χ4n) is 1.44. The van der Waals surface area contributed by atoms with Gasteiger partial charge in [-0.15, -0.1) is 11.3 Å². The maximum atomic E-state index is 11.7. The summed E-state index contributed by atoms with van der Waals surface area (Å²) in [5.41, 5.74) is 0.375. The van der Waals surface area contributed by atoms with Gasteiger partial charge >= 0.3 is 5.97 Å². The minimum atomic E-state index is -0.438. The molecule has 1 N–H and O–H groups in total. The van der Waals surface area contributed by atoms with Crippen LogP contribution in [0.4, 0.5) is 5.00 Å². The maximum absolute atomic E-state index is 11.7. The van der Waals surface area contributed by atoms with Crippen LogP contribution in [-0.4, -0.2) is 45.4 Å². The van der Waals surface area contributed by atoms with Crippen LogP contribution in [0.25, 0.3) is 0 Å². The third kappa shape index (κ3) is 5.28. The molecule has 0 bridgehead atoms. The first kappa shape index (κ1) is 16.6. The van der Waals surface area contributed by atoms with E-state index in [1.165, 1.54) is 11.3 Å². The van der Waals surface area contributed by atoms with Crippen LogP contribution in [0.5, 0.6) is 0 Å². The van der Waals surface area contributed by atoms with E-state index in [-0.39, 0.29) is 12.5 Å². The monoisotopic (exact) mass is 301 g/mol. The number of aryl methyl sites for hydroxylation is 1. The molecule has 1 rings (SSSR count). The topological polar surface area (TPSA) is 73.9 Å². The number of carbonyl (C=O) groups excluding carboxylic acids is 2. The molecular formula is C13H19NO5S. The molecule has 6 nitrogen and oxygen atoms in total. The molecule has 0 aromatic carbocycles. The Hall–Kier alpha value is -1.44. The minimum absolute atomic E-state index is 0.0808. The van der Waals surface area contributed by atoms with Gasteiger partial charge in [0.25, 0.3) is 5.91 Å². The van der Waals surface area contributed by atoms with Crippen molar-refractivity contribution in [3.05, 3.63) is 16.5 Å². The molecule has 0 saturated heterocycles. The van der Waals surface area contributed by atoms with Crippen LogP contribution >= 0.6 is 11.3 Å². The van der Waals surface area contributed by atoms with Crippen LogP contribution in [0.1, 0.15) is 22.2 Å². The highest BCUT2D eigenvalue weighted by Crippen LogP contribution is 2.28. The number of carbonyl (C=O) groups is 2. The van der Waals surface area contributed by atoms with E-state index in [1.807, 2.05) is 6.92 Å². The molecule has 1 aromatic heterocycles. The second-order valence-corrected chi connectivity index (χ2v) is 5.17. The summed E-state index contributed by atoms with van der Waals surface area (Å²) in [6.45, 7) is 4.58. The van der Waals surface area contributed by atoms with Crippen molar-refractivity contribution in [3.63, 3.8) is 0 Å². The Morgan fingerprint density at radius 3 is 2.75 bits per heavy atom. The summed E-state index contributed by atoms with van der Waals surface area (Å²) in [5, 5.41) is 3.15. The third-order valence-corrected chi connectivity index (χ3v) is 3.23. The van der Waals surface area contributed by atoms with Gasteiger partial charge in [0.1, 0.15) is 11.6 Å². The van der Waals surface area contributed by atoms with E-state index in [1.54, 1.807) is 20.1 Å². The number of anilines is 1. The lowest BCUT2D eigenvalue weighted by atomic mass is 10.3.